The Morgan fingerprint density at radius 1 is 1.26 bits per heavy atom. The summed E-state index contributed by atoms with van der Waals surface area (Å²) in [6.07, 6.45) is 3.16. The summed E-state index contributed by atoms with van der Waals surface area (Å²) in [5, 5.41) is 14.5. The molecule has 0 unspecified atom stereocenters. The van der Waals surface area contributed by atoms with Crippen LogP contribution in [0.1, 0.15) is 29.5 Å². The minimum Gasteiger partial charge on any atom is -0.504 e. The summed E-state index contributed by atoms with van der Waals surface area (Å²) in [6.45, 7) is 5.97. The van der Waals surface area contributed by atoms with Crippen LogP contribution in [0.25, 0.3) is 0 Å². The lowest BCUT2D eigenvalue weighted by Crippen LogP contribution is -2.28. The molecule has 0 saturated carbocycles. The maximum atomic E-state index is 10.4. The summed E-state index contributed by atoms with van der Waals surface area (Å²) in [4.78, 5) is 0. The van der Waals surface area contributed by atoms with Crippen LogP contribution in [0, 0.1) is 19.8 Å². The summed E-state index contributed by atoms with van der Waals surface area (Å²) in [5.41, 5.74) is 2.74. The third-order valence-corrected chi connectivity index (χ3v) is 4.68. The van der Waals surface area contributed by atoms with E-state index < -0.39 is 0 Å². The van der Waals surface area contributed by atoms with Gasteiger partial charge in [-0.2, -0.15) is 0 Å². The highest BCUT2D eigenvalue weighted by Crippen LogP contribution is 2.42. The number of aromatic hydroxyl groups is 1. The number of piperidine rings is 1. The second kappa shape index (κ2) is 6.02. The van der Waals surface area contributed by atoms with Crippen LogP contribution in [-0.4, -0.2) is 25.3 Å². The van der Waals surface area contributed by atoms with Gasteiger partial charge in [0.2, 0.25) is 0 Å². The normalized spacial score (nSPS) is 16.6. The number of rotatable bonds is 3. The molecule has 0 spiro atoms. The monoisotopic (exact) mass is 283 g/mol. The van der Waals surface area contributed by atoms with Crippen molar-refractivity contribution in [1.82, 2.24) is 5.32 Å². The number of hydrogen-bond acceptors (Lipinski definition) is 3. The van der Waals surface area contributed by atoms with E-state index in [1.54, 1.807) is 7.11 Å². The largest absolute Gasteiger partial charge is 0.504 e. The molecule has 1 aromatic rings. The highest BCUT2D eigenvalue weighted by atomic mass is 35.5. The fourth-order valence-electron chi connectivity index (χ4n) is 2.88. The van der Waals surface area contributed by atoms with Gasteiger partial charge >= 0.3 is 0 Å². The van der Waals surface area contributed by atoms with Crippen molar-refractivity contribution >= 4 is 11.6 Å². The van der Waals surface area contributed by atoms with Gasteiger partial charge in [0.05, 0.1) is 12.1 Å². The maximum Gasteiger partial charge on any atom is 0.165 e. The first-order valence-electron chi connectivity index (χ1n) is 6.81. The minimum absolute atomic E-state index is 0.264. The van der Waals surface area contributed by atoms with Gasteiger partial charge in [-0.15, -0.1) is 0 Å². The number of phenols is 1. The summed E-state index contributed by atoms with van der Waals surface area (Å²) < 4.78 is 5.29. The summed E-state index contributed by atoms with van der Waals surface area (Å²) in [7, 11) is 1.57. The SMILES string of the molecule is COc1c(C)c(Cl)c(C)c(CC2CCNCC2)c1O. The Hall–Kier alpha value is -0.930. The molecule has 1 saturated heterocycles. The minimum atomic E-state index is 0.264. The number of phenolic OH excluding ortho intramolecular Hbond substituents is 1. The Morgan fingerprint density at radius 3 is 2.47 bits per heavy atom. The Balaban J connectivity index is 2.35. The molecule has 1 aliphatic rings. The molecule has 0 radical (unpaired) electrons. The van der Waals surface area contributed by atoms with E-state index in [1.165, 1.54) is 0 Å². The summed E-state index contributed by atoms with van der Waals surface area (Å²) in [6, 6.07) is 0. The van der Waals surface area contributed by atoms with Gasteiger partial charge in [0.15, 0.2) is 11.5 Å². The number of hydrogen-bond donors (Lipinski definition) is 2. The Labute approximate surface area is 119 Å². The fourth-order valence-corrected chi connectivity index (χ4v) is 3.08. The topological polar surface area (TPSA) is 41.5 Å². The second-order valence-corrected chi connectivity index (χ2v) is 5.70. The number of benzene rings is 1. The number of methoxy groups -OCH3 is 1. The molecular formula is C15H22ClNO2. The van der Waals surface area contributed by atoms with Gasteiger partial charge < -0.3 is 15.2 Å². The van der Waals surface area contributed by atoms with Crippen molar-refractivity contribution in [2.75, 3.05) is 20.2 Å². The van der Waals surface area contributed by atoms with Crippen LogP contribution in [-0.2, 0) is 6.42 Å². The van der Waals surface area contributed by atoms with Crippen molar-refractivity contribution in [1.29, 1.82) is 0 Å². The van der Waals surface area contributed by atoms with Crippen molar-refractivity contribution in [2.24, 2.45) is 5.92 Å². The lowest BCUT2D eigenvalue weighted by molar-refractivity contribution is 0.350. The maximum absolute atomic E-state index is 10.4. The van der Waals surface area contributed by atoms with E-state index in [2.05, 4.69) is 5.32 Å². The molecule has 0 amide bonds. The first-order chi connectivity index (χ1) is 9.06. The number of nitrogens with one attached hydrogen (secondary N) is 1. The van der Waals surface area contributed by atoms with E-state index in [0.717, 1.165) is 49.0 Å². The van der Waals surface area contributed by atoms with E-state index in [0.29, 0.717) is 16.7 Å². The lowest BCUT2D eigenvalue weighted by Gasteiger charge is -2.25. The lowest BCUT2D eigenvalue weighted by atomic mass is 9.88. The van der Waals surface area contributed by atoms with E-state index in [9.17, 15) is 5.11 Å². The summed E-state index contributed by atoms with van der Waals surface area (Å²) >= 11 is 6.35. The zero-order chi connectivity index (χ0) is 14.0. The number of halogens is 1. The third-order valence-electron chi connectivity index (χ3n) is 4.11. The zero-order valence-corrected chi connectivity index (χ0v) is 12.6. The van der Waals surface area contributed by atoms with Gasteiger partial charge in [-0.05, 0) is 57.7 Å². The van der Waals surface area contributed by atoms with Crippen molar-refractivity contribution in [2.45, 2.75) is 33.1 Å². The van der Waals surface area contributed by atoms with E-state index >= 15 is 0 Å². The molecule has 1 aromatic carbocycles. The molecule has 4 heteroatoms. The van der Waals surface area contributed by atoms with Crippen molar-refractivity contribution in [3.05, 3.63) is 21.7 Å². The highest BCUT2D eigenvalue weighted by Gasteiger charge is 2.22. The number of ether oxygens (including phenoxy) is 1. The first-order valence-corrected chi connectivity index (χ1v) is 7.19. The molecule has 0 aliphatic carbocycles. The molecule has 19 heavy (non-hydrogen) atoms. The van der Waals surface area contributed by atoms with Gasteiger partial charge in [-0.1, -0.05) is 11.6 Å². The van der Waals surface area contributed by atoms with Crippen LogP contribution in [0.5, 0.6) is 11.5 Å². The Morgan fingerprint density at radius 2 is 1.89 bits per heavy atom. The van der Waals surface area contributed by atoms with Gasteiger partial charge in [-0.3, -0.25) is 0 Å². The van der Waals surface area contributed by atoms with Gasteiger partial charge in [0.25, 0.3) is 0 Å². The Kier molecular flexibility index (Phi) is 4.58. The molecule has 0 atom stereocenters. The van der Waals surface area contributed by atoms with Gasteiger partial charge in [0, 0.05) is 11.1 Å². The smallest absolute Gasteiger partial charge is 0.165 e. The van der Waals surface area contributed by atoms with Crippen LogP contribution in [0.4, 0.5) is 0 Å². The molecule has 0 bridgehead atoms. The molecule has 3 nitrogen and oxygen atoms in total. The first kappa shape index (κ1) is 14.5. The van der Waals surface area contributed by atoms with Gasteiger partial charge in [0.1, 0.15) is 0 Å². The van der Waals surface area contributed by atoms with E-state index in [4.69, 9.17) is 16.3 Å². The highest BCUT2D eigenvalue weighted by molar-refractivity contribution is 6.32. The summed E-state index contributed by atoms with van der Waals surface area (Å²) in [5.74, 6) is 1.38. The van der Waals surface area contributed by atoms with Crippen molar-refractivity contribution < 1.29 is 9.84 Å². The zero-order valence-electron chi connectivity index (χ0n) is 11.8. The second-order valence-electron chi connectivity index (χ2n) is 5.32. The molecule has 1 fully saturated rings. The predicted octanol–water partition coefficient (Wildman–Crippen LogP) is 3.21. The molecule has 2 rings (SSSR count). The van der Waals surface area contributed by atoms with Crippen LogP contribution < -0.4 is 10.1 Å². The quantitative estimate of drug-likeness (QED) is 0.895. The average Bonchev–Trinajstić information content (AvgIpc) is 2.43. The fraction of sp³-hybridized carbons (Fsp3) is 0.600. The molecule has 1 aliphatic heterocycles. The van der Waals surface area contributed by atoms with E-state index in [-0.39, 0.29) is 5.75 Å². The average molecular weight is 284 g/mol. The van der Waals surface area contributed by atoms with Crippen molar-refractivity contribution in [3.8, 4) is 11.5 Å². The van der Waals surface area contributed by atoms with Crippen molar-refractivity contribution in [3.63, 3.8) is 0 Å². The van der Waals surface area contributed by atoms with Crippen LogP contribution in [0.15, 0.2) is 0 Å². The standard InChI is InChI=1S/C15H22ClNO2/c1-9-12(8-11-4-6-17-7-5-11)14(18)15(19-3)10(2)13(9)16/h11,17-18H,4-8H2,1-3H3. The molecule has 106 valence electrons. The van der Waals surface area contributed by atoms with Crippen LogP contribution >= 0.6 is 11.6 Å². The molecule has 1 heterocycles. The molecule has 2 N–H and O–H groups in total. The Bertz CT molecular complexity index is 468. The van der Waals surface area contributed by atoms with Crippen LogP contribution in [0.2, 0.25) is 5.02 Å². The van der Waals surface area contributed by atoms with E-state index in [1.807, 2.05) is 13.8 Å². The third kappa shape index (κ3) is 2.82. The molecule has 0 aromatic heterocycles. The molecular weight excluding hydrogens is 262 g/mol. The van der Waals surface area contributed by atoms with Crippen LogP contribution in [0.3, 0.4) is 0 Å². The van der Waals surface area contributed by atoms with Gasteiger partial charge in [-0.25, -0.2) is 0 Å². The predicted molar refractivity (Wildman–Crippen MR) is 78.4 cm³/mol.